The van der Waals surface area contributed by atoms with Gasteiger partial charge in [0.2, 0.25) is 15.9 Å². The molecule has 0 radical (unpaired) electrons. The van der Waals surface area contributed by atoms with Gasteiger partial charge in [-0.05, 0) is 75.1 Å². The van der Waals surface area contributed by atoms with Crippen LogP contribution < -0.4 is 10.1 Å². The van der Waals surface area contributed by atoms with E-state index in [0.717, 1.165) is 11.3 Å². The molecule has 162 valence electrons. The highest BCUT2D eigenvalue weighted by atomic mass is 35.5. The van der Waals surface area contributed by atoms with E-state index in [1.165, 1.54) is 22.0 Å². The molecule has 0 atom stereocenters. The molecular formula is C22H27ClN2O4S. The highest BCUT2D eigenvalue weighted by Crippen LogP contribution is 2.30. The molecule has 1 saturated heterocycles. The van der Waals surface area contributed by atoms with Gasteiger partial charge >= 0.3 is 0 Å². The summed E-state index contributed by atoms with van der Waals surface area (Å²) in [7, 11) is -3.67. The Morgan fingerprint density at radius 3 is 2.43 bits per heavy atom. The molecule has 0 bridgehead atoms. The first kappa shape index (κ1) is 22.6. The lowest BCUT2D eigenvalue weighted by Gasteiger charge is -2.30. The number of piperidine rings is 1. The van der Waals surface area contributed by atoms with Crippen LogP contribution in [0.5, 0.6) is 5.75 Å². The lowest BCUT2D eigenvalue weighted by atomic mass is 9.97. The Morgan fingerprint density at radius 2 is 1.83 bits per heavy atom. The van der Waals surface area contributed by atoms with Crippen LogP contribution in [0.25, 0.3) is 0 Å². The minimum Gasteiger partial charge on any atom is -0.492 e. The highest BCUT2D eigenvalue weighted by Gasteiger charge is 2.32. The van der Waals surface area contributed by atoms with Gasteiger partial charge in [0.05, 0.1) is 16.5 Å². The zero-order valence-electron chi connectivity index (χ0n) is 17.4. The molecule has 30 heavy (non-hydrogen) atoms. The average molecular weight is 451 g/mol. The molecule has 1 aliphatic rings. The van der Waals surface area contributed by atoms with Crippen molar-refractivity contribution in [2.24, 2.45) is 5.92 Å². The number of rotatable bonds is 6. The molecule has 0 aliphatic carbocycles. The SMILES string of the molecule is CCOc1ccc(S(=O)(=O)N2CCC(C(=O)Nc3ccc(C)c(C)c3)CC2)cc1Cl. The Hall–Kier alpha value is -2.09. The van der Waals surface area contributed by atoms with E-state index in [1.54, 1.807) is 6.07 Å². The van der Waals surface area contributed by atoms with E-state index in [1.807, 2.05) is 39.0 Å². The zero-order valence-corrected chi connectivity index (χ0v) is 19.0. The Bertz CT molecular complexity index is 1030. The van der Waals surface area contributed by atoms with Crippen LogP contribution in [-0.4, -0.2) is 38.3 Å². The van der Waals surface area contributed by atoms with Crippen LogP contribution in [0.15, 0.2) is 41.3 Å². The zero-order chi connectivity index (χ0) is 21.9. The standard InChI is InChI=1S/C22H27ClN2O4S/c1-4-29-21-8-7-19(14-20(21)23)30(27,28)25-11-9-17(10-12-25)22(26)24-18-6-5-15(2)16(3)13-18/h5-8,13-14,17H,4,9-12H2,1-3H3,(H,24,26). The third kappa shape index (κ3) is 4.96. The molecule has 2 aromatic rings. The second kappa shape index (κ2) is 9.37. The van der Waals surface area contributed by atoms with E-state index in [4.69, 9.17) is 16.3 Å². The Morgan fingerprint density at radius 1 is 1.13 bits per heavy atom. The number of halogens is 1. The van der Waals surface area contributed by atoms with Gasteiger partial charge in [0, 0.05) is 24.7 Å². The molecule has 1 N–H and O–H groups in total. The summed E-state index contributed by atoms with van der Waals surface area (Å²) in [6.07, 6.45) is 0.946. The molecular weight excluding hydrogens is 424 g/mol. The maximum atomic E-state index is 13.0. The minimum absolute atomic E-state index is 0.0700. The normalized spacial score (nSPS) is 15.7. The van der Waals surface area contributed by atoms with Gasteiger partial charge in [0.25, 0.3) is 0 Å². The van der Waals surface area contributed by atoms with Crippen molar-refractivity contribution in [2.75, 3.05) is 25.0 Å². The molecule has 0 aromatic heterocycles. The lowest BCUT2D eigenvalue weighted by molar-refractivity contribution is -0.120. The summed E-state index contributed by atoms with van der Waals surface area (Å²) in [5, 5.41) is 3.22. The van der Waals surface area contributed by atoms with Crippen LogP contribution in [-0.2, 0) is 14.8 Å². The fourth-order valence-electron chi connectivity index (χ4n) is 3.49. The summed E-state index contributed by atoms with van der Waals surface area (Å²) in [5.74, 6) is 0.168. The molecule has 0 spiro atoms. The monoisotopic (exact) mass is 450 g/mol. The first-order chi connectivity index (χ1) is 14.2. The number of ether oxygens (including phenoxy) is 1. The van der Waals surface area contributed by atoms with Gasteiger partial charge in [-0.2, -0.15) is 4.31 Å². The van der Waals surface area contributed by atoms with Crippen molar-refractivity contribution in [1.82, 2.24) is 4.31 Å². The fourth-order valence-corrected chi connectivity index (χ4v) is 5.28. The number of nitrogens with one attached hydrogen (secondary N) is 1. The predicted molar refractivity (Wildman–Crippen MR) is 119 cm³/mol. The number of hydrogen-bond acceptors (Lipinski definition) is 4. The fraction of sp³-hybridized carbons (Fsp3) is 0.409. The molecule has 1 amide bonds. The third-order valence-corrected chi connectivity index (χ3v) is 7.63. The van der Waals surface area contributed by atoms with E-state index >= 15 is 0 Å². The van der Waals surface area contributed by atoms with Gasteiger partial charge in [0.1, 0.15) is 5.75 Å². The van der Waals surface area contributed by atoms with Crippen molar-refractivity contribution in [3.8, 4) is 5.75 Å². The predicted octanol–water partition coefficient (Wildman–Crippen LogP) is 4.39. The maximum Gasteiger partial charge on any atom is 0.243 e. The summed E-state index contributed by atoms with van der Waals surface area (Å²) in [6, 6.07) is 10.3. The van der Waals surface area contributed by atoms with Crippen LogP contribution in [0.1, 0.15) is 30.9 Å². The van der Waals surface area contributed by atoms with Gasteiger partial charge in [-0.1, -0.05) is 17.7 Å². The number of carbonyl (C=O) groups is 1. The molecule has 2 aromatic carbocycles. The number of hydrogen-bond donors (Lipinski definition) is 1. The summed E-state index contributed by atoms with van der Waals surface area (Å²) in [6.45, 7) is 6.89. The van der Waals surface area contributed by atoms with Crippen molar-refractivity contribution >= 4 is 33.2 Å². The van der Waals surface area contributed by atoms with Crippen LogP contribution in [0.2, 0.25) is 5.02 Å². The van der Waals surface area contributed by atoms with Gasteiger partial charge in [-0.25, -0.2) is 8.42 Å². The summed E-state index contributed by atoms with van der Waals surface area (Å²) in [4.78, 5) is 12.8. The smallest absolute Gasteiger partial charge is 0.243 e. The van der Waals surface area contributed by atoms with Crippen molar-refractivity contribution in [3.63, 3.8) is 0 Å². The largest absolute Gasteiger partial charge is 0.492 e. The molecule has 1 fully saturated rings. The summed E-state index contributed by atoms with van der Waals surface area (Å²) < 4.78 is 32.7. The van der Waals surface area contributed by atoms with Crippen molar-refractivity contribution in [1.29, 1.82) is 0 Å². The van der Waals surface area contributed by atoms with E-state index in [0.29, 0.717) is 25.2 Å². The summed E-state index contributed by atoms with van der Waals surface area (Å²) >= 11 is 6.15. The van der Waals surface area contributed by atoms with Gasteiger partial charge < -0.3 is 10.1 Å². The maximum absolute atomic E-state index is 13.0. The number of carbonyl (C=O) groups excluding carboxylic acids is 1. The van der Waals surface area contributed by atoms with Crippen LogP contribution in [0.4, 0.5) is 5.69 Å². The third-order valence-electron chi connectivity index (χ3n) is 5.44. The molecule has 3 rings (SSSR count). The first-order valence-electron chi connectivity index (χ1n) is 10.0. The summed E-state index contributed by atoms with van der Waals surface area (Å²) in [5.41, 5.74) is 3.05. The Balaban J connectivity index is 1.63. The number of nitrogens with zero attached hydrogens (tertiary/aromatic N) is 1. The van der Waals surface area contributed by atoms with Crippen LogP contribution in [0, 0.1) is 19.8 Å². The molecule has 8 heteroatoms. The molecule has 6 nitrogen and oxygen atoms in total. The Labute approximate surface area is 183 Å². The Kier molecular flexibility index (Phi) is 7.06. The van der Waals surface area contributed by atoms with Gasteiger partial charge in [0.15, 0.2) is 0 Å². The lowest BCUT2D eigenvalue weighted by Crippen LogP contribution is -2.41. The topological polar surface area (TPSA) is 75.7 Å². The highest BCUT2D eigenvalue weighted by molar-refractivity contribution is 7.89. The number of sulfonamides is 1. The number of aryl methyl sites for hydroxylation is 2. The van der Waals surface area contributed by atoms with E-state index in [-0.39, 0.29) is 34.8 Å². The van der Waals surface area contributed by atoms with E-state index < -0.39 is 10.0 Å². The van der Waals surface area contributed by atoms with Crippen molar-refractivity contribution in [3.05, 3.63) is 52.5 Å². The van der Waals surface area contributed by atoms with Crippen LogP contribution >= 0.6 is 11.6 Å². The first-order valence-corrected chi connectivity index (χ1v) is 11.8. The quantitative estimate of drug-likeness (QED) is 0.707. The van der Waals surface area contributed by atoms with Crippen molar-refractivity contribution < 1.29 is 17.9 Å². The second-order valence-electron chi connectivity index (χ2n) is 7.49. The van der Waals surface area contributed by atoms with Crippen LogP contribution in [0.3, 0.4) is 0 Å². The molecule has 0 saturated carbocycles. The van der Waals surface area contributed by atoms with E-state index in [9.17, 15) is 13.2 Å². The number of amides is 1. The molecule has 0 unspecified atom stereocenters. The minimum atomic E-state index is -3.67. The number of benzene rings is 2. The van der Waals surface area contributed by atoms with Gasteiger partial charge in [-0.3, -0.25) is 4.79 Å². The second-order valence-corrected chi connectivity index (χ2v) is 9.84. The molecule has 1 heterocycles. The van der Waals surface area contributed by atoms with E-state index in [2.05, 4.69) is 5.32 Å². The average Bonchev–Trinajstić information content (AvgIpc) is 2.72. The number of anilines is 1. The van der Waals surface area contributed by atoms with Crippen molar-refractivity contribution in [2.45, 2.75) is 38.5 Å². The molecule has 1 aliphatic heterocycles. The van der Waals surface area contributed by atoms with Gasteiger partial charge in [-0.15, -0.1) is 0 Å².